The summed E-state index contributed by atoms with van der Waals surface area (Å²) < 4.78 is 0. The van der Waals surface area contributed by atoms with Crippen LogP contribution >= 0.6 is 0 Å². The molecule has 0 spiro atoms. The first-order valence-electron chi connectivity index (χ1n) is 4.83. The highest BCUT2D eigenvalue weighted by Gasteiger charge is 2.24. The Hall–Kier alpha value is -1.32. The molecule has 0 aliphatic carbocycles. The molecular weight excluding hydrogens is 178 g/mol. The smallest absolute Gasteiger partial charge is 0.225 e. The largest absolute Gasteiger partial charge is 0.350 e. The van der Waals surface area contributed by atoms with Gasteiger partial charge in [0.1, 0.15) is 0 Å². The number of nitrogens with zero attached hydrogens (tertiary/aromatic N) is 1. The van der Waals surface area contributed by atoms with Crippen molar-refractivity contribution in [1.29, 1.82) is 0 Å². The fourth-order valence-corrected chi connectivity index (χ4v) is 0.958. The zero-order valence-electron chi connectivity index (χ0n) is 8.92. The molecule has 0 aliphatic rings. The van der Waals surface area contributed by atoms with Crippen molar-refractivity contribution in [3.8, 4) is 0 Å². The molecule has 0 unspecified atom stereocenters. The third-order valence-electron chi connectivity index (χ3n) is 2.50. The van der Waals surface area contributed by atoms with Crippen molar-refractivity contribution in [2.24, 2.45) is 5.41 Å². The van der Waals surface area contributed by atoms with Gasteiger partial charge in [0.2, 0.25) is 5.91 Å². The molecule has 0 radical (unpaired) electrons. The van der Waals surface area contributed by atoms with Gasteiger partial charge in [-0.05, 0) is 12.5 Å². The van der Waals surface area contributed by atoms with E-state index in [-0.39, 0.29) is 11.3 Å². The highest BCUT2D eigenvalue weighted by atomic mass is 16.2. The van der Waals surface area contributed by atoms with E-state index in [0.717, 1.165) is 12.1 Å². The summed E-state index contributed by atoms with van der Waals surface area (Å²) in [4.78, 5) is 11.6. The molecule has 78 valence electrons. The second kappa shape index (κ2) is 4.26. The predicted octanol–water partition coefficient (Wildman–Crippen LogP) is 1.46. The molecule has 0 saturated heterocycles. The maximum absolute atomic E-state index is 11.6. The van der Waals surface area contributed by atoms with Crippen LogP contribution in [0.2, 0.25) is 0 Å². The number of carbonyl (C=O) groups excluding carboxylic acids is 1. The Kier molecular flexibility index (Phi) is 3.28. The van der Waals surface area contributed by atoms with Gasteiger partial charge in [0.25, 0.3) is 0 Å². The van der Waals surface area contributed by atoms with E-state index in [4.69, 9.17) is 0 Å². The van der Waals surface area contributed by atoms with E-state index in [1.54, 1.807) is 6.20 Å². The molecule has 1 aromatic rings. The van der Waals surface area contributed by atoms with E-state index in [2.05, 4.69) is 15.5 Å². The van der Waals surface area contributed by atoms with E-state index in [1.807, 2.05) is 26.8 Å². The lowest BCUT2D eigenvalue weighted by Crippen LogP contribution is -2.36. The van der Waals surface area contributed by atoms with Gasteiger partial charge in [0.15, 0.2) is 0 Å². The van der Waals surface area contributed by atoms with Crippen LogP contribution in [-0.2, 0) is 11.3 Å². The first-order valence-corrected chi connectivity index (χ1v) is 4.83. The highest BCUT2D eigenvalue weighted by Crippen LogP contribution is 2.19. The number of amides is 1. The number of nitrogens with one attached hydrogen (secondary N) is 2. The molecule has 1 aromatic heterocycles. The molecule has 2 N–H and O–H groups in total. The lowest BCUT2D eigenvalue weighted by Gasteiger charge is -2.21. The van der Waals surface area contributed by atoms with Crippen molar-refractivity contribution >= 4 is 5.91 Å². The average Bonchev–Trinajstić information content (AvgIpc) is 2.66. The second-order valence-corrected chi connectivity index (χ2v) is 4.00. The summed E-state index contributed by atoms with van der Waals surface area (Å²) in [5.41, 5.74) is 0.630. The lowest BCUT2D eigenvalue weighted by molar-refractivity contribution is -0.129. The molecule has 0 bridgehead atoms. The van der Waals surface area contributed by atoms with Gasteiger partial charge in [-0.15, -0.1) is 0 Å². The van der Waals surface area contributed by atoms with E-state index in [9.17, 15) is 4.79 Å². The van der Waals surface area contributed by atoms with Gasteiger partial charge in [-0.1, -0.05) is 20.8 Å². The van der Waals surface area contributed by atoms with Crippen LogP contribution < -0.4 is 5.32 Å². The summed E-state index contributed by atoms with van der Waals surface area (Å²) in [7, 11) is 0. The zero-order chi connectivity index (χ0) is 10.6. The van der Waals surface area contributed by atoms with Crippen molar-refractivity contribution in [3.63, 3.8) is 0 Å². The third kappa shape index (κ3) is 2.58. The fourth-order valence-electron chi connectivity index (χ4n) is 0.958. The molecule has 4 heteroatoms. The van der Waals surface area contributed by atoms with E-state index in [0.29, 0.717) is 6.54 Å². The quantitative estimate of drug-likeness (QED) is 0.764. The van der Waals surface area contributed by atoms with Crippen molar-refractivity contribution in [2.45, 2.75) is 33.7 Å². The normalized spacial score (nSPS) is 11.4. The molecular formula is C10H17N3O. The zero-order valence-corrected chi connectivity index (χ0v) is 8.92. The van der Waals surface area contributed by atoms with Crippen molar-refractivity contribution in [3.05, 3.63) is 18.0 Å². The van der Waals surface area contributed by atoms with E-state index in [1.165, 1.54) is 0 Å². The summed E-state index contributed by atoms with van der Waals surface area (Å²) >= 11 is 0. The Balaban J connectivity index is 2.43. The predicted molar refractivity (Wildman–Crippen MR) is 54.5 cm³/mol. The molecule has 0 atom stereocenters. The molecule has 0 saturated carbocycles. The van der Waals surface area contributed by atoms with Crippen LogP contribution in [0.15, 0.2) is 12.3 Å². The molecule has 0 aliphatic heterocycles. The number of aromatic amines is 1. The maximum atomic E-state index is 11.6. The summed E-state index contributed by atoms with van der Waals surface area (Å²) in [6.45, 7) is 6.41. The maximum Gasteiger partial charge on any atom is 0.225 e. The summed E-state index contributed by atoms with van der Waals surface area (Å²) in [5, 5.41) is 9.47. The Morgan fingerprint density at radius 3 is 2.86 bits per heavy atom. The molecule has 0 fully saturated rings. The van der Waals surface area contributed by atoms with Crippen LogP contribution in [0.3, 0.4) is 0 Å². The standard InChI is InChI=1S/C10H17N3O/c1-4-10(2,3)9(14)11-7-8-5-6-12-13-8/h5-6H,4,7H2,1-3H3,(H,11,14)(H,12,13). The number of carbonyl (C=O) groups is 1. The first kappa shape index (κ1) is 10.8. The van der Waals surface area contributed by atoms with Gasteiger partial charge in [-0.25, -0.2) is 0 Å². The summed E-state index contributed by atoms with van der Waals surface area (Å²) in [5.74, 6) is 0.0783. The Labute approximate surface area is 84.1 Å². The topological polar surface area (TPSA) is 57.8 Å². The first-order chi connectivity index (χ1) is 6.56. The highest BCUT2D eigenvalue weighted by molar-refractivity contribution is 5.81. The minimum absolute atomic E-state index is 0.0783. The lowest BCUT2D eigenvalue weighted by atomic mass is 9.89. The van der Waals surface area contributed by atoms with Crippen LogP contribution in [-0.4, -0.2) is 16.1 Å². The Bertz CT molecular complexity index is 290. The molecule has 4 nitrogen and oxygen atoms in total. The fraction of sp³-hybridized carbons (Fsp3) is 0.600. The van der Waals surface area contributed by atoms with Gasteiger partial charge in [0.05, 0.1) is 12.2 Å². The minimum Gasteiger partial charge on any atom is -0.350 e. The second-order valence-electron chi connectivity index (χ2n) is 4.00. The molecule has 1 rings (SSSR count). The Morgan fingerprint density at radius 2 is 2.36 bits per heavy atom. The third-order valence-corrected chi connectivity index (χ3v) is 2.50. The Morgan fingerprint density at radius 1 is 1.64 bits per heavy atom. The number of hydrogen-bond acceptors (Lipinski definition) is 2. The monoisotopic (exact) mass is 195 g/mol. The van der Waals surface area contributed by atoms with Crippen LogP contribution in [0.1, 0.15) is 32.9 Å². The van der Waals surface area contributed by atoms with E-state index >= 15 is 0 Å². The number of aromatic nitrogens is 2. The molecule has 0 aromatic carbocycles. The van der Waals surface area contributed by atoms with Crippen LogP contribution in [0, 0.1) is 5.41 Å². The molecule has 1 heterocycles. The SMILES string of the molecule is CCC(C)(C)C(=O)NCc1ccn[nH]1. The van der Waals surface area contributed by atoms with Crippen molar-refractivity contribution < 1.29 is 4.79 Å². The van der Waals surface area contributed by atoms with Gasteiger partial charge in [-0.3, -0.25) is 9.89 Å². The van der Waals surface area contributed by atoms with E-state index < -0.39 is 0 Å². The van der Waals surface area contributed by atoms with Gasteiger partial charge < -0.3 is 5.32 Å². The van der Waals surface area contributed by atoms with Crippen LogP contribution in [0.5, 0.6) is 0 Å². The number of rotatable bonds is 4. The number of H-pyrrole nitrogens is 1. The summed E-state index contributed by atoms with van der Waals surface area (Å²) in [6, 6.07) is 1.85. The molecule has 1 amide bonds. The average molecular weight is 195 g/mol. The molecule has 14 heavy (non-hydrogen) atoms. The van der Waals surface area contributed by atoms with Gasteiger partial charge in [-0.2, -0.15) is 5.10 Å². The summed E-state index contributed by atoms with van der Waals surface area (Å²) in [6.07, 6.45) is 2.51. The van der Waals surface area contributed by atoms with Gasteiger partial charge in [0, 0.05) is 11.6 Å². The van der Waals surface area contributed by atoms with Crippen molar-refractivity contribution in [1.82, 2.24) is 15.5 Å². The minimum atomic E-state index is -0.292. The van der Waals surface area contributed by atoms with Crippen LogP contribution in [0.4, 0.5) is 0 Å². The van der Waals surface area contributed by atoms with Crippen LogP contribution in [0.25, 0.3) is 0 Å². The number of hydrogen-bond donors (Lipinski definition) is 2. The van der Waals surface area contributed by atoms with Gasteiger partial charge >= 0.3 is 0 Å². The van der Waals surface area contributed by atoms with Crippen molar-refractivity contribution in [2.75, 3.05) is 0 Å².